The number of halogens is 1. The van der Waals surface area contributed by atoms with Crippen molar-refractivity contribution in [3.05, 3.63) is 40.5 Å². The number of nitrogens with two attached hydrogens (primary N) is 1. The number of aromatic nitrogens is 2. The molecule has 2 aromatic rings. The van der Waals surface area contributed by atoms with Crippen LogP contribution in [0.1, 0.15) is 10.5 Å². The summed E-state index contributed by atoms with van der Waals surface area (Å²) in [5.74, 6) is 0.603. The second-order valence-electron chi connectivity index (χ2n) is 4.22. The number of carbonyl (C=O) groups is 1. The van der Waals surface area contributed by atoms with Gasteiger partial charge in [0.2, 0.25) is 5.88 Å². The monoisotopic (exact) mass is 336 g/mol. The van der Waals surface area contributed by atoms with E-state index < -0.39 is 0 Å². The Morgan fingerprint density at radius 3 is 2.60 bits per heavy atom. The molecule has 0 atom stereocenters. The van der Waals surface area contributed by atoms with Gasteiger partial charge in [0, 0.05) is 25.8 Å². The highest BCUT2D eigenvalue weighted by Crippen LogP contribution is 2.32. The van der Waals surface area contributed by atoms with Crippen molar-refractivity contribution in [3.63, 3.8) is 0 Å². The lowest BCUT2D eigenvalue weighted by atomic mass is 10.3. The van der Waals surface area contributed by atoms with Crippen LogP contribution in [0.4, 0.5) is 5.69 Å². The summed E-state index contributed by atoms with van der Waals surface area (Å²) in [6.45, 7) is 0. The van der Waals surface area contributed by atoms with E-state index in [1.54, 1.807) is 44.4 Å². The molecule has 6 nitrogen and oxygen atoms in total. The molecule has 1 heterocycles. The second-order valence-corrected chi connectivity index (χ2v) is 5.01. The summed E-state index contributed by atoms with van der Waals surface area (Å²) < 4.78 is 6.21. The van der Waals surface area contributed by atoms with E-state index in [1.165, 1.54) is 4.90 Å². The lowest BCUT2D eigenvalue weighted by molar-refractivity contribution is 0.0820. The largest absolute Gasteiger partial charge is 0.436 e. The van der Waals surface area contributed by atoms with E-state index in [9.17, 15) is 4.79 Å². The quantitative estimate of drug-likeness (QED) is 0.870. The maximum absolute atomic E-state index is 11.7. The van der Waals surface area contributed by atoms with Crippen LogP contribution in [0.25, 0.3) is 0 Å². The van der Waals surface area contributed by atoms with E-state index in [2.05, 4.69) is 26.1 Å². The molecule has 0 aliphatic carbocycles. The number of carbonyl (C=O) groups excluding carboxylic acids is 1. The summed E-state index contributed by atoms with van der Waals surface area (Å²) in [5.41, 5.74) is 6.58. The Labute approximate surface area is 124 Å². The maximum Gasteiger partial charge on any atom is 0.273 e. The zero-order valence-electron chi connectivity index (χ0n) is 11.0. The maximum atomic E-state index is 11.7. The molecule has 0 aliphatic rings. The molecular weight excluding hydrogens is 324 g/mol. The van der Waals surface area contributed by atoms with Crippen LogP contribution >= 0.6 is 15.9 Å². The van der Waals surface area contributed by atoms with E-state index >= 15 is 0 Å². The zero-order chi connectivity index (χ0) is 14.7. The molecule has 1 aromatic carbocycles. The predicted molar refractivity (Wildman–Crippen MR) is 78.7 cm³/mol. The summed E-state index contributed by atoms with van der Waals surface area (Å²) in [6, 6.07) is 8.42. The number of anilines is 1. The molecule has 0 unspecified atom stereocenters. The smallest absolute Gasteiger partial charge is 0.273 e. The highest BCUT2D eigenvalue weighted by molar-refractivity contribution is 9.10. The van der Waals surface area contributed by atoms with Crippen LogP contribution in [0.3, 0.4) is 0 Å². The molecule has 1 aromatic heterocycles. The third kappa shape index (κ3) is 3.05. The average Bonchev–Trinajstić information content (AvgIpc) is 2.44. The van der Waals surface area contributed by atoms with Crippen LogP contribution in [0.2, 0.25) is 0 Å². The molecule has 7 heteroatoms. The minimum Gasteiger partial charge on any atom is -0.436 e. The normalized spacial score (nSPS) is 10.2. The third-order valence-electron chi connectivity index (χ3n) is 2.47. The number of benzene rings is 1. The molecule has 0 fully saturated rings. The zero-order valence-corrected chi connectivity index (χ0v) is 12.6. The van der Waals surface area contributed by atoms with Crippen molar-refractivity contribution >= 4 is 27.5 Å². The Morgan fingerprint density at radius 1 is 1.25 bits per heavy atom. The van der Waals surface area contributed by atoms with Crippen molar-refractivity contribution < 1.29 is 9.53 Å². The Balaban J connectivity index is 2.19. The molecule has 104 valence electrons. The lowest BCUT2D eigenvalue weighted by Crippen LogP contribution is -2.23. The van der Waals surface area contributed by atoms with Gasteiger partial charge >= 0.3 is 0 Å². The van der Waals surface area contributed by atoms with Crippen molar-refractivity contribution in [2.45, 2.75) is 0 Å². The van der Waals surface area contributed by atoms with E-state index in [0.29, 0.717) is 15.9 Å². The Bertz CT molecular complexity index is 629. The van der Waals surface area contributed by atoms with Crippen molar-refractivity contribution in [2.75, 3.05) is 19.8 Å². The summed E-state index contributed by atoms with van der Waals surface area (Å²) in [7, 11) is 3.30. The number of ether oxygens (including phenoxy) is 1. The van der Waals surface area contributed by atoms with Crippen LogP contribution in [-0.4, -0.2) is 35.1 Å². The molecule has 20 heavy (non-hydrogen) atoms. The third-order valence-corrected chi connectivity index (χ3v) is 3.32. The fourth-order valence-electron chi connectivity index (χ4n) is 1.44. The molecule has 0 spiro atoms. The van der Waals surface area contributed by atoms with Gasteiger partial charge in [-0.3, -0.25) is 4.79 Å². The molecule has 2 rings (SSSR count). The van der Waals surface area contributed by atoms with Crippen LogP contribution in [-0.2, 0) is 0 Å². The number of rotatable bonds is 3. The average molecular weight is 337 g/mol. The van der Waals surface area contributed by atoms with Gasteiger partial charge < -0.3 is 15.4 Å². The van der Waals surface area contributed by atoms with Crippen molar-refractivity contribution in [2.24, 2.45) is 0 Å². The fraction of sp³-hybridized carbons (Fsp3) is 0.154. The van der Waals surface area contributed by atoms with Crippen molar-refractivity contribution in [1.29, 1.82) is 0 Å². The minimum atomic E-state index is -0.214. The molecule has 2 N–H and O–H groups in total. The van der Waals surface area contributed by atoms with E-state index in [4.69, 9.17) is 10.5 Å². The molecule has 1 amide bonds. The van der Waals surface area contributed by atoms with Gasteiger partial charge in [0.05, 0.1) is 4.47 Å². The van der Waals surface area contributed by atoms with E-state index in [0.717, 1.165) is 0 Å². The summed E-state index contributed by atoms with van der Waals surface area (Å²) in [6.07, 6.45) is 0. The first-order valence-corrected chi connectivity index (χ1v) is 6.55. The van der Waals surface area contributed by atoms with Crippen LogP contribution in [0, 0.1) is 0 Å². The van der Waals surface area contributed by atoms with Gasteiger partial charge in [-0.2, -0.15) is 0 Å². The topological polar surface area (TPSA) is 81.3 Å². The van der Waals surface area contributed by atoms with Gasteiger partial charge in [-0.05, 0) is 34.1 Å². The molecule has 0 bridgehead atoms. The number of nitrogen functional groups attached to an aromatic ring is 1. The Hall–Kier alpha value is -2.15. The number of nitrogens with zero attached hydrogens (tertiary/aromatic N) is 3. The van der Waals surface area contributed by atoms with Crippen molar-refractivity contribution in [3.8, 4) is 11.6 Å². The standard InChI is InChI=1S/C13H13BrN4O2/c1-18(2)13(19)9-6-7-11(17-16-9)20-10-5-3-4-8(15)12(10)14/h3-7H,15H2,1-2H3. The first kappa shape index (κ1) is 14.3. The van der Waals surface area contributed by atoms with Crippen LogP contribution in [0.5, 0.6) is 11.6 Å². The molecule has 0 saturated heterocycles. The molecular formula is C13H13BrN4O2. The van der Waals surface area contributed by atoms with Crippen LogP contribution in [0.15, 0.2) is 34.8 Å². The van der Waals surface area contributed by atoms with Gasteiger partial charge in [-0.25, -0.2) is 0 Å². The van der Waals surface area contributed by atoms with Gasteiger partial charge in [0.1, 0.15) is 5.75 Å². The first-order valence-electron chi connectivity index (χ1n) is 5.76. The summed E-state index contributed by atoms with van der Waals surface area (Å²) in [5, 5.41) is 7.70. The number of hydrogen-bond acceptors (Lipinski definition) is 5. The van der Waals surface area contributed by atoms with E-state index in [1.807, 2.05) is 0 Å². The van der Waals surface area contributed by atoms with Gasteiger partial charge in [-0.15, -0.1) is 10.2 Å². The first-order chi connectivity index (χ1) is 9.49. The fourth-order valence-corrected chi connectivity index (χ4v) is 1.78. The van der Waals surface area contributed by atoms with Gasteiger partial charge in [-0.1, -0.05) is 6.07 Å². The highest BCUT2D eigenvalue weighted by Gasteiger charge is 2.11. The highest BCUT2D eigenvalue weighted by atomic mass is 79.9. The molecule has 0 radical (unpaired) electrons. The van der Waals surface area contributed by atoms with Crippen molar-refractivity contribution in [1.82, 2.24) is 15.1 Å². The Kier molecular flexibility index (Phi) is 4.19. The number of hydrogen-bond donors (Lipinski definition) is 1. The summed E-state index contributed by atoms with van der Waals surface area (Å²) in [4.78, 5) is 13.1. The Morgan fingerprint density at radius 2 is 2.00 bits per heavy atom. The minimum absolute atomic E-state index is 0.214. The van der Waals surface area contributed by atoms with Crippen LogP contribution < -0.4 is 10.5 Å². The predicted octanol–water partition coefficient (Wildman–Crippen LogP) is 2.32. The van der Waals surface area contributed by atoms with E-state index in [-0.39, 0.29) is 17.5 Å². The SMILES string of the molecule is CN(C)C(=O)c1ccc(Oc2cccc(N)c2Br)nn1. The summed E-state index contributed by atoms with van der Waals surface area (Å²) >= 11 is 3.34. The van der Waals surface area contributed by atoms with Gasteiger partial charge in [0.15, 0.2) is 5.69 Å². The lowest BCUT2D eigenvalue weighted by Gasteiger charge is -2.10. The number of amides is 1. The molecule has 0 saturated carbocycles. The second kappa shape index (κ2) is 5.87. The van der Waals surface area contributed by atoms with Gasteiger partial charge in [0.25, 0.3) is 5.91 Å². The molecule has 0 aliphatic heterocycles.